The molecular formula is C23H18BrClN4O. The summed E-state index contributed by atoms with van der Waals surface area (Å²) in [6, 6.07) is 18.9. The molecule has 4 rings (SSSR count). The zero-order valence-electron chi connectivity index (χ0n) is 16.3. The fraction of sp³-hybridized carbons (Fsp3) is 0.0870. The number of nitrogens with zero attached hydrogens (tertiary/aromatic N) is 2. The first-order chi connectivity index (χ1) is 14.4. The van der Waals surface area contributed by atoms with Gasteiger partial charge in [0.05, 0.1) is 11.2 Å². The molecule has 0 atom stereocenters. The quantitative estimate of drug-likeness (QED) is 0.346. The van der Waals surface area contributed by atoms with E-state index < -0.39 is 0 Å². The number of carbonyl (C=O) groups excluding carboxylic acids is 1. The normalized spacial score (nSPS) is 10.8. The fourth-order valence-corrected chi connectivity index (χ4v) is 3.89. The van der Waals surface area contributed by atoms with Crippen molar-refractivity contribution in [3.05, 3.63) is 86.8 Å². The van der Waals surface area contributed by atoms with Gasteiger partial charge in [-0.2, -0.15) is 0 Å². The molecule has 1 aromatic heterocycles. The topological polar surface area (TPSA) is 66.9 Å². The molecule has 150 valence electrons. The molecule has 0 saturated heterocycles. The van der Waals surface area contributed by atoms with Crippen molar-refractivity contribution >= 4 is 50.3 Å². The third kappa shape index (κ3) is 4.30. The molecule has 3 aromatic carbocycles. The summed E-state index contributed by atoms with van der Waals surface area (Å²) >= 11 is 9.93. The van der Waals surface area contributed by atoms with Crippen LogP contribution in [-0.4, -0.2) is 15.9 Å². The van der Waals surface area contributed by atoms with Crippen LogP contribution in [0.5, 0.6) is 0 Å². The lowest BCUT2D eigenvalue weighted by Crippen LogP contribution is -2.30. The van der Waals surface area contributed by atoms with E-state index in [2.05, 4.69) is 36.7 Å². The first kappa shape index (κ1) is 20.3. The van der Waals surface area contributed by atoms with E-state index in [1.54, 1.807) is 0 Å². The van der Waals surface area contributed by atoms with Crippen LogP contribution in [0.3, 0.4) is 0 Å². The molecular weight excluding hydrogens is 464 g/mol. The molecule has 1 heterocycles. The molecule has 0 bridgehead atoms. The Kier molecular flexibility index (Phi) is 5.70. The number of anilines is 1. The summed E-state index contributed by atoms with van der Waals surface area (Å²) < 4.78 is 0.913. The van der Waals surface area contributed by atoms with Crippen molar-refractivity contribution in [1.29, 1.82) is 0 Å². The maximum Gasteiger partial charge on any atom is 0.269 e. The van der Waals surface area contributed by atoms with Gasteiger partial charge in [0.2, 0.25) is 5.95 Å². The average Bonchev–Trinajstić information content (AvgIpc) is 2.71. The van der Waals surface area contributed by atoms with Gasteiger partial charge in [-0.05, 0) is 50.2 Å². The largest absolute Gasteiger partial charge is 0.269 e. The van der Waals surface area contributed by atoms with Crippen molar-refractivity contribution in [2.75, 3.05) is 5.43 Å². The third-order valence-electron chi connectivity index (χ3n) is 4.56. The number of halogens is 2. The number of aromatic nitrogens is 2. The summed E-state index contributed by atoms with van der Waals surface area (Å²) in [5.41, 5.74) is 10.3. The van der Waals surface area contributed by atoms with E-state index >= 15 is 0 Å². The van der Waals surface area contributed by atoms with Crippen LogP contribution in [-0.2, 0) is 0 Å². The van der Waals surface area contributed by atoms with Crippen LogP contribution in [0.25, 0.3) is 22.2 Å². The third-order valence-corrected chi connectivity index (χ3v) is 5.38. The number of benzene rings is 3. The summed E-state index contributed by atoms with van der Waals surface area (Å²) in [6.07, 6.45) is 0. The highest BCUT2D eigenvalue weighted by molar-refractivity contribution is 9.10. The van der Waals surface area contributed by atoms with E-state index in [1.807, 2.05) is 74.5 Å². The Labute approximate surface area is 187 Å². The maximum atomic E-state index is 12.6. The summed E-state index contributed by atoms with van der Waals surface area (Å²) in [6.45, 7) is 3.91. The molecule has 2 N–H and O–H groups in total. The van der Waals surface area contributed by atoms with Crippen molar-refractivity contribution in [1.82, 2.24) is 15.4 Å². The number of hydrogen-bond donors (Lipinski definition) is 2. The fourth-order valence-electron chi connectivity index (χ4n) is 3.31. The van der Waals surface area contributed by atoms with Gasteiger partial charge in [0.1, 0.15) is 0 Å². The number of aryl methyl sites for hydroxylation is 2. The zero-order valence-corrected chi connectivity index (χ0v) is 18.7. The summed E-state index contributed by atoms with van der Waals surface area (Å²) in [7, 11) is 0. The molecule has 7 heteroatoms. The number of carbonyl (C=O) groups is 1. The summed E-state index contributed by atoms with van der Waals surface area (Å²) in [4.78, 5) is 21.7. The molecule has 5 nitrogen and oxygen atoms in total. The van der Waals surface area contributed by atoms with Crippen LogP contribution in [0.4, 0.5) is 5.95 Å². The first-order valence-electron chi connectivity index (χ1n) is 9.27. The van der Waals surface area contributed by atoms with Crippen LogP contribution < -0.4 is 10.9 Å². The minimum absolute atomic E-state index is 0.263. The van der Waals surface area contributed by atoms with Gasteiger partial charge in [-0.15, -0.1) is 0 Å². The van der Waals surface area contributed by atoms with Crippen molar-refractivity contribution < 1.29 is 4.79 Å². The Morgan fingerprint density at radius 2 is 1.70 bits per heavy atom. The molecule has 0 aliphatic carbocycles. The Morgan fingerprint density at radius 3 is 2.43 bits per heavy atom. The lowest BCUT2D eigenvalue weighted by atomic mass is 10.1. The second kappa shape index (κ2) is 8.42. The van der Waals surface area contributed by atoms with Gasteiger partial charge in [0, 0.05) is 26.0 Å². The standard InChI is InChI=1S/C23H18BrClN4O/c1-13-9-14(2)11-15(10-13)22(30)28-29-23-26-20-8-7-16(24)12-18(20)21(27-23)17-5-3-4-6-19(17)25/h3-12H,1-2H3,(H,28,30)(H,26,27,29). The van der Waals surface area contributed by atoms with Crippen LogP contribution in [0, 0.1) is 13.8 Å². The van der Waals surface area contributed by atoms with E-state index in [0.717, 1.165) is 32.1 Å². The minimum Gasteiger partial charge on any atom is -0.267 e. The Balaban J connectivity index is 1.70. The number of rotatable bonds is 4. The molecule has 0 aliphatic rings. The van der Waals surface area contributed by atoms with Gasteiger partial charge in [-0.3, -0.25) is 15.6 Å². The van der Waals surface area contributed by atoms with Gasteiger partial charge in [0.15, 0.2) is 0 Å². The summed E-state index contributed by atoms with van der Waals surface area (Å²) in [5.74, 6) is 0.0121. The number of hydrazine groups is 1. The second-order valence-corrected chi connectivity index (χ2v) is 8.32. The zero-order chi connectivity index (χ0) is 21.3. The average molecular weight is 482 g/mol. The molecule has 0 unspecified atom stereocenters. The SMILES string of the molecule is Cc1cc(C)cc(C(=O)NNc2nc(-c3ccccc3Cl)c3cc(Br)ccc3n2)c1. The first-order valence-corrected chi connectivity index (χ1v) is 10.4. The Bertz CT molecular complexity index is 1260. The van der Waals surface area contributed by atoms with Crippen LogP contribution in [0.1, 0.15) is 21.5 Å². The highest BCUT2D eigenvalue weighted by Crippen LogP contribution is 2.33. The molecule has 0 fully saturated rings. The van der Waals surface area contributed by atoms with Crippen molar-refractivity contribution in [3.8, 4) is 11.3 Å². The predicted octanol–water partition coefficient (Wildman–Crippen LogP) is 6.09. The lowest BCUT2D eigenvalue weighted by Gasteiger charge is -2.13. The number of hydrogen-bond acceptors (Lipinski definition) is 4. The highest BCUT2D eigenvalue weighted by atomic mass is 79.9. The number of nitrogens with one attached hydrogen (secondary N) is 2. The van der Waals surface area contributed by atoms with Gasteiger partial charge < -0.3 is 0 Å². The molecule has 0 spiro atoms. The smallest absolute Gasteiger partial charge is 0.267 e. The summed E-state index contributed by atoms with van der Waals surface area (Å²) in [5, 5.41) is 1.44. The predicted molar refractivity (Wildman–Crippen MR) is 125 cm³/mol. The van der Waals surface area contributed by atoms with Crippen molar-refractivity contribution in [3.63, 3.8) is 0 Å². The van der Waals surface area contributed by atoms with E-state index in [0.29, 0.717) is 16.3 Å². The Hall–Kier alpha value is -2.96. The van der Waals surface area contributed by atoms with Gasteiger partial charge in [-0.25, -0.2) is 9.97 Å². The van der Waals surface area contributed by atoms with E-state index in [1.165, 1.54) is 0 Å². The Morgan fingerprint density at radius 1 is 0.967 bits per heavy atom. The molecule has 1 amide bonds. The number of fused-ring (bicyclic) bond motifs is 1. The monoisotopic (exact) mass is 480 g/mol. The number of amides is 1. The van der Waals surface area contributed by atoms with Gasteiger partial charge in [-0.1, -0.05) is 62.9 Å². The van der Waals surface area contributed by atoms with Gasteiger partial charge >= 0.3 is 0 Å². The molecule has 0 aliphatic heterocycles. The van der Waals surface area contributed by atoms with E-state index in [-0.39, 0.29) is 11.9 Å². The second-order valence-electron chi connectivity index (χ2n) is 6.99. The highest BCUT2D eigenvalue weighted by Gasteiger charge is 2.14. The van der Waals surface area contributed by atoms with E-state index in [9.17, 15) is 4.79 Å². The molecule has 0 saturated carbocycles. The maximum absolute atomic E-state index is 12.6. The van der Waals surface area contributed by atoms with Crippen molar-refractivity contribution in [2.24, 2.45) is 0 Å². The minimum atomic E-state index is -0.263. The van der Waals surface area contributed by atoms with Crippen LogP contribution in [0.2, 0.25) is 5.02 Å². The molecule has 4 aromatic rings. The van der Waals surface area contributed by atoms with Crippen LogP contribution >= 0.6 is 27.5 Å². The van der Waals surface area contributed by atoms with Gasteiger partial charge in [0.25, 0.3) is 5.91 Å². The molecule has 0 radical (unpaired) electrons. The van der Waals surface area contributed by atoms with Crippen LogP contribution in [0.15, 0.2) is 65.1 Å². The lowest BCUT2D eigenvalue weighted by molar-refractivity contribution is 0.0962. The van der Waals surface area contributed by atoms with E-state index in [4.69, 9.17) is 11.6 Å². The van der Waals surface area contributed by atoms with Crippen molar-refractivity contribution in [2.45, 2.75) is 13.8 Å². The molecule has 30 heavy (non-hydrogen) atoms.